The molecule has 0 radical (unpaired) electrons. The summed E-state index contributed by atoms with van der Waals surface area (Å²) in [5, 5.41) is 9.04. The molecule has 1 rings (SSSR count). The van der Waals surface area contributed by atoms with E-state index in [1.807, 2.05) is 33.8 Å². The summed E-state index contributed by atoms with van der Waals surface area (Å²) >= 11 is 0. The molecule has 1 saturated heterocycles. The fraction of sp³-hybridized carbons (Fsp3) is 0.500. The molecule has 0 bridgehead atoms. The molecular formula is C14H20BNO3. The van der Waals surface area contributed by atoms with E-state index < -0.39 is 18.3 Å². The highest BCUT2D eigenvalue weighted by molar-refractivity contribution is 6.56. The van der Waals surface area contributed by atoms with Gasteiger partial charge in [0.05, 0.1) is 24.4 Å². The Morgan fingerprint density at radius 1 is 1.21 bits per heavy atom. The molecule has 0 aliphatic carbocycles. The van der Waals surface area contributed by atoms with Crippen molar-refractivity contribution in [1.29, 1.82) is 5.26 Å². The van der Waals surface area contributed by atoms with Crippen LogP contribution in [0.25, 0.3) is 0 Å². The maximum absolute atomic E-state index is 9.04. The third kappa shape index (κ3) is 3.09. The van der Waals surface area contributed by atoms with Crippen molar-refractivity contribution >= 4 is 7.12 Å². The summed E-state index contributed by atoms with van der Waals surface area (Å²) < 4.78 is 16.8. The van der Waals surface area contributed by atoms with Gasteiger partial charge >= 0.3 is 7.12 Å². The first-order valence-electron chi connectivity index (χ1n) is 6.04. The second-order valence-corrected chi connectivity index (χ2v) is 5.45. The number of hydrogen-bond donors (Lipinski definition) is 0. The van der Waals surface area contributed by atoms with E-state index in [9.17, 15) is 0 Å². The van der Waals surface area contributed by atoms with Gasteiger partial charge in [0.15, 0.2) is 0 Å². The van der Waals surface area contributed by atoms with Crippen molar-refractivity contribution in [1.82, 2.24) is 0 Å². The lowest BCUT2D eigenvalue weighted by molar-refractivity contribution is 0.00578. The minimum atomic E-state index is -0.649. The molecule has 0 aromatic rings. The number of hydrogen-bond acceptors (Lipinski definition) is 4. The summed E-state index contributed by atoms with van der Waals surface area (Å²) in [6, 6.07) is 2.01. The molecule has 0 atom stereocenters. The second-order valence-electron chi connectivity index (χ2n) is 5.45. The monoisotopic (exact) mass is 261 g/mol. The van der Waals surface area contributed by atoms with Gasteiger partial charge in [-0.25, -0.2) is 0 Å². The van der Waals surface area contributed by atoms with Crippen molar-refractivity contribution in [3.8, 4) is 6.07 Å². The van der Waals surface area contributed by atoms with Gasteiger partial charge in [0.25, 0.3) is 0 Å². The molecule has 5 heteroatoms. The zero-order valence-corrected chi connectivity index (χ0v) is 12.2. The van der Waals surface area contributed by atoms with Crippen molar-refractivity contribution in [2.24, 2.45) is 0 Å². The zero-order valence-electron chi connectivity index (χ0n) is 12.2. The van der Waals surface area contributed by atoms with Crippen molar-refractivity contribution in [2.75, 3.05) is 7.11 Å². The molecule has 0 saturated carbocycles. The Morgan fingerprint density at radius 2 is 1.68 bits per heavy atom. The van der Waals surface area contributed by atoms with E-state index >= 15 is 0 Å². The molecule has 102 valence electrons. The molecule has 0 N–H and O–H groups in total. The highest BCUT2D eigenvalue weighted by Gasteiger charge is 2.52. The van der Waals surface area contributed by atoms with Crippen LogP contribution in [0.4, 0.5) is 0 Å². The van der Waals surface area contributed by atoms with E-state index in [0.29, 0.717) is 11.2 Å². The Labute approximate surface area is 115 Å². The van der Waals surface area contributed by atoms with Crippen LogP contribution in [0, 0.1) is 11.3 Å². The van der Waals surface area contributed by atoms with Gasteiger partial charge in [-0.3, -0.25) is 0 Å². The minimum absolute atomic E-state index is 0.275. The lowest BCUT2D eigenvalue weighted by Crippen LogP contribution is -2.41. The first kappa shape index (κ1) is 15.6. The number of nitriles is 1. The van der Waals surface area contributed by atoms with Gasteiger partial charge in [0, 0.05) is 11.0 Å². The van der Waals surface area contributed by atoms with Crippen LogP contribution in [-0.2, 0) is 14.0 Å². The number of rotatable bonds is 4. The van der Waals surface area contributed by atoms with E-state index in [1.165, 1.54) is 7.11 Å². The first-order chi connectivity index (χ1) is 8.64. The smallest absolute Gasteiger partial charge is 0.496 e. The number of allylic oxidation sites excluding steroid dienone is 3. The molecule has 0 aromatic heterocycles. The summed E-state index contributed by atoms with van der Waals surface area (Å²) in [6.45, 7) is 15.2. The molecule has 0 aromatic carbocycles. The largest absolute Gasteiger partial charge is 0.497 e. The molecule has 1 fully saturated rings. The van der Waals surface area contributed by atoms with E-state index in [4.69, 9.17) is 19.3 Å². The topological polar surface area (TPSA) is 51.5 Å². The molecule has 19 heavy (non-hydrogen) atoms. The summed E-state index contributed by atoms with van der Waals surface area (Å²) in [4.78, 5) is 0. The molecule has 1 aliphatic heterocycles. The highest BCUT2D eigenvalue weighted by atomic mass is 16.7. The third-order valence-electron chi connectivity index (χ3n) is 3.57. The normalized spacial score (nSPS) is 20.8. The van der Waals surface area contributed by atoms with E-state index in [1.54, 1.807) is 6.08 Å². The van der Waals surface area contributed by atoms with Gasteiger partial charge < -0.3 is 14.0 Å². The molecule has 0 unspecified atom stereocenters. The Kier molecular flexibility index (Phi) is 4.29. The van der Waals surface area contributed by atoms with Crippen LogP contribution in [0.2, 0.25) is 0 Å². The quantitative estimate of drug-likeness (QED) is 0.338. The Bertz CT molecular complexity index is 456. The zero-order chi connectivity index (χ0) is 14.8. The lowest BCUT2D eigenvalue weighted by atomic mass is 9.74. The average molecular weight is 261 g/mol. The molecule has 4 nitrogen and oxygen atoms in total. The average Bonchev–Trinajstić information content (AvgIpc) is 2.53. The van der Waals surface area contributed by atoms with Crippen molar-refractivity contribution < 1.29 is 14.0 Å². The first-order valence-corrected chi connectivity index (χ1v) is 6.04. The third-order valence-corrected chi connectivity index (χ3v) is 3.57. The van der Waals surface area contributed by atoms with E-state index in [-0.39, 0.29) is 5.57 Å². The summed E-state index contributed by atoms with van der Waals surface area (Å²) in [5.74, 6) is 0.418. The van der Waals surface area contributed by atoms with Gasteiger partial charge in [-0.2, -0.15) is 5.26 Å². The molecule has 0 spiro atoms. The minimum Gasteiger partial charge on any atom is -0.497 e. The molecule has 1 aliphatic rings. The SMILES string of the molecule is C=C(/C=C(/B1OC(C)(C)C(C)(C)O1)C(=C)C#N)OC. The maximum Gasteiger partial charge on any atom is 0.496 e. The number of nitrogens with zero attached hydrogens (tertiary/aromatic N) is 1. The van der Waals surface area contributed by atoms with Crippen molar-refractivity contribution in [2.45, 2.75) is 38.9 Å². The van der Waals surface area contributed by atoms with Crippen LogP contribution in [-0.4, -0.2) is 25.4 Å². The van der Waals surface area contributed by atoms with Gasteiger partial charge in [0.2, 0.25) is 0 Å². The fourth-order valence-corrected chi connectivity index (χ4v) is 1.56. The van der Waals surface area contributed by atoms with Gasteiger partial charge in [-0.15, -0.1) is 0 Å². The van der Waals surface area contributed by atoms with Gasteiger partial charge in [0.1, 0.15) is 5.76 Å². The predicted molar refractivity (Wildman–Crippen MR) is 75.1 cm³/mol. The van der Waals surface area contributed by atoms with Crippen LogP contribution in [0.15, 0.2) is 36.0 Å². The van der Waals surface area contributed by atoms with Gasteiger partial charge in [-0.05, 0) is 33.8 Å². The highest BCUT2D eigenvalue weighted by Crippen LogP contribution is 2.39. The fourth-order valence-electron chi connectivity index (χ4n) is 1.56. The second kappa shape index (κ2) is 5.24. The number of methoxy groups -OCH3 is 1. The maximum atomic E-state index is 9.04. The van der Waals surface area contributed by atoms with E-state index in [2.05, 4.69) is 13.2 Å². The van der Waals surface area contributed by atoms with Crippen LogP contribution in [0.1, 0.15) is 27.7 Å². The summed E-state index contributed by atoms with van der Waals surface area (Å²) in [6.07, 6.45) is 1.62. The Balaban J connectivity index is 3.11. The predicted octanol–water partition coefficient (Wildman–Crippen LogP) is 2.78. The number of ether oxygens (including phenoxy) is 1. The van der Waals surface area contributed by atoms with E-state index in [0.717, 1.165) is 0 Å². The lowest BCUT2D eigenvalue weighted by Gasteiger charge is -2.32. The van der Waals surface area contributed by atoms with Crippen LogP contribution in [0.3, 0.4) is 0 Å². The molecule has 0 amide bonds. The van der Waals surface area contributed by atoms with Crippen LogP contribution < -0.4 is 0 Å². The standard InChI is InChI=1S/C14H20BNO3/c1-10(9-16)12(8-11(2)17-7)15-18-13(3,4)14(5,6)19-15/h8H,1-2H2,3-7H3/b12-8+. The van der Waals surface area contributed by atoms with Crippen molar-refractivity contribution in [3.63, 3.8) is 0 Å². The Hall–Kier alpha value is -1.51. The summed E-state index contributed by atoms with van der Waals surface area (Å²) in [5.41, 5.74) is -0.133. The Morgan fingerprint density at radius 3 is 2.05 bits per heavy atom. The van der Waals surface area contributed by atoms with Gasteiger partial charge in [-0.1, -0.05) is 13.2 Å². The van der Waals surface area contributed by atoms with Crippen molar-refractivity contribution in [3.05, 3.63) is 36.0 Å². The van der Waals surface area contributed by atoms with Crippen LogP contribution in [0.5, 0.6) is 0 Å². The van der Waals surface area contributed by atoms with Crippen LogP contribution >= 0.6 is 0 Å². The molecule has 1 heterocycles. The summed E-state index contributed by atoms with van der Waals surface area (Å²) in [7, 11) is 0.861. The molecular weight excluding hydrogens is 241 g/mol.